The highest BCUT2D eigenvalue weighted by atomic mass is 16.5. The summed E-state index contributed by atoms with van der Waals surface area (Å²) in [7, 11) is 1.62. The first-order chi connectivity index (χ1) is 30.1. The second-order valence-electron chi connectivity index (χ2n) is 17.2. The monoisotopic (exact) mass is 839 g/mol. The quantitative estimate of drug-likeness (QED) is 0.0621. The molecule has 2 aliphatic carbocycles. The first kappa shape index (κ1) is 44.4. The summed E-state index contributed by atoms with van der Waals surface area (Å²) in [4.78, 5) is 13.8. The Kier molecular flexibility index (Phi) is 15.0. The molecule has 0 radical (unpaired) electrons. The van der Waals surface area contributed by atoms with E-state index in [4.69, 9.17) is 14.2 Å². The van der Waals surface area contributed by atoms with Crippen LogP contribution in [-0.4, -0.2) is 58.7 Å². The summed E-state index contributed by atoms with van der Waals surface area (Å²) in [5.41, 5.74) is 7.87. The van der Waals surface area contributed by atoms with Crippen LogP contribution in [0.1, 0.15) is 105 Å². The molecule has 0 aromatic heterocycles. The fourth-order valence-corrected chi connectivity index (χ4v) is 9.12. The van der Waals surface area contributed by atoms with Crippen LogP contribution in [-0.2, 0) is 35.4 Å². The number of rotatable bonds is 14. The average molecular weight is 840 g/mol. The fraction of sp³-hybridized carbons (Fsp3) is 0.415. The lowest BCUT2D eigenvalue weighted by molar-refractivity contribution is -0.121. The fourth-order valence-electron chi connectivity index (χ4n) is 9.12. The number of carbonyl (C=O) groups excluding carboxylic acids is 1. The molecule has 4 aromatic carbocycles. The number of methoxy groups -OCH3 is 1. The van der Waals surface area contributed by atoms with Gasteiger partial charge in [0.25, 0.3) is 0 Å². The molecule has 4 aliphatic rings. The van der Waals surface area contributed by atoms with Crippen LogP contribution in [0.5, 0.6) is 17.2 Å². The molecule has 5 atom stereocenters. The van der Waals surface area contributed by atoms with Crippen molar-refractivity contribution in [1.82, 2.24) is 0 Å². The van der Waals surface area contributed by atoms with Gasteiger partial charge in [-0.25, -0.2) is 0 Å². The van der Waals surface area contributed by atoms with Gasteiger partial charge in [-0.1, -0.05) is 67.8 Å². The van der Waals surface area contributed by atoms with Crippen LogP contribution >= 0.6 is 0 Å². The van der Waals surface area contributed by atoms with Crippen molar-refractivity contribution in [2.75, 3.05) is 25.6 Å². The minimum atomic E-state index is -0.536. The number of aliphatic hydroxyl groups is 3. The predicted molar refractivity (Wildman–Crippen MR) is 246 cm³/mol. The number of phenolic OH excluding ortho intramolecular Hbond substituents is 1. The molecule has 2 aliphatic heterocycles. The predicted octanol–water partition coefficient (Wildman–Crippen LogP) is 10.0. The Morgan fingerprint density at radius 2 is 1.85 bits per heavy atom. The molecule has 2 heterocycles. The van der Waals surface area contributed by atoms with Gasteiger partial charge in [0.2, 0.25) is 0 Å². The summed E-state index contributed by atoms with van der Waals surface area (Å²) < 4.78 is 18.4. The van der Waals surface area contributed by atoms with E-state index in [1.165, 1.54) is 5.56 Å². The molecule has 9 heteroatoms. The lowest BCUT2D eigenvalue weighted by Crippen LogP contribution is -2.25. The number of ether oxygens (including phenoxy) is 3. The molecule has 0 fully saturated rings. The van der Waals surface area contributed by atoms with E-state index in [-0.39, 0.29) is 54.5 Å². The maximum atomic E-state index is 13.8. The lowest BCUT2D eigenvalue weighted by atomic mass is 9.77. The zero-order chi connectivity index (χ0) is 43.6. The van der Waals surface area contributed by atoms with Gasteiger partial charge in [-0.15, -0.1) is 0 Å². The minimum absolute atomic E-state index is 0.0431. The molecule has 326 valence electrons. The molecule has 8 rings (SSSR count). The van der Waals surface area contributed by atoms with Gasteiger partial charge in [0.05, 0.1) is 13.2 Å². The van der Waals surface area contributed by atoms with Crippen molar-refractivity contribution in [3.05, 3.63) is 124 Å². The second kappa shape index (κ2) is 20.9. The number of Topliss-reactive ketones (excluding diaryl/α,β-unsaturated/α-hetero) is 1. The van der Waals surface area contributed by atoms with E-state index in [1.807, 2.05) is 48.5 Å². The van der Waals surface area contributed by atoms with E-state index in [1.54, 1.807) is 14.0 Å². The highest BCUT2D eigenvalue weighted by Crippen LogP contribution is 2.42. The number of carbonyl (C=O) groups is 1. The summed E-state index contributed by atoms with van der Waals surface area (Å²) in [6, 6.07) is 20.1. The summed E-state index contributed by atoms with van der Waals surface area (Å²) in [5, 5.41) is 47.2. The van der Waals surface area contributed by atoms with E-state index >= 15 is 0 Å². The van der Waals surface area contributed by atoms with Gasteiger partial charge in [0.1, 0.15) is 36.1 Å². The number of anilines is 1. The number of benzene rings is 4. The van der Waals surface area contributed by atoms with E-state index in [2.05, 4.69) is 60.7 Å². The number of allylic oxidation sites excluding steroid dienone is 4. The number of phenols is 1. The Hall–Kier alpha value is -5.69. The highest BCUT2D eigenvalue weighted by molar-refractivity contribution is 6.00. The van der Waals surface area contributed by atoms with Gasteiger partial charge in [-0.2, -0.15) is 0 Å². The summed E-state index contributed by atoms with van der Waals surface area (Å²) in [5.74, 6) is 4.97. The van der Waals surface area contributed by atoms with Crippen LogP contribution in [0.15, 0.2) is 90.2 Å². The van der Waals surface area contributed by atoms with Crippen LogP contribution in [0.3, 0.4) is 0 Å². The van der Waals surface area contributed by atoms with Crippen molar-refractivity contribution >= 4 is 28.3 Å². The third-order valence-corrected chi connectivity index (χ3v) is 12.5. The summed E-state index contributed by atoms with van der Waals surface area (Å²) in [6.07, 6.45) is 16.9. The van der Waals surface area contributed by atoms with E-state index in [9.17, 15) is 25.2 Å². The molecule has 6 bridgehead atoms. The third kappa shape index (κ3) is 11.0. The van der Waals surface area contributed by atoms with Crippen LogP contribution in [0.2, 0.25) is 0 Å². The summed E-state index contributed by atoms with van der Waals surface area (Å²) >= 11 is 0. The van der Waals surface area contributed by atoms with Gasteiger partial charge < -0.3 is 40.0 Å². The normalized spacial score (nSPS) is 20.4. The maximum absolute atomic E-state index is 13.8. The van der Waals surface area contributed by atoms with E-state index < -0.39 is 12.2 Å². The Balaban J connectivity index is 1.14. The number of hydrogen-bond acceptors (Lipinski definition) is 9. The molecule has 0 saturated heterocycles. The number of ketones is 1. The molecule has 0 saturated carbocycles. The number of aliphatic hydroxyl groups excluding tert-OH is 3. The van der Waals surface area contributed by atoms with Crippen LogP contribution < -0.4 is 14.8 Å². The number of aryl methyl sites for hydroxylation is 2. The highest BCUT2D eigenvalue weighted by Gasteiger charge is 2.29. The average Bonchev–Trinajstić information content (AvgIpc) is 3.26. The third-order valence-electron chi connectivity index (χ3n) is 12.5. The van der Waals surface area contributed by atoms with Crippen molar-refractivity contribution < 1.29 is 39.4 Å². The van der Waals surface area contributed by atoms with Gasteiger partial charge in [-0.3, -0.25) is 4.79 Å². The van der Waals surface area contributed by atoms with E-state index in [0.29, 0.717) is 56.8 Å². The topological polar surface area (TPSA) is 138 Å². The number of unbranched alkanes of at least 4 members (excludes halogenated alkanes) is 1. The van der Waals surface area contributed by atoms with Gasteiger partial charge in [0, 0.05) is 49.6 Å². The molecular formula is C53H61NO8. The Bertz CT molecular complexity index is 2380. The Labute approximate surface area is 366 Å². The molecule has 0 spiro atoms. The van der Waals surface area contributed by atoms with Gasteiger partial charge in [-0.05, 0) is 144 Å². The molecule has 4 aromatic rings. The van der Waals surface area contributed by atoms with Crippen molar-refractivity contribution in [3.63, 3.8) is 0 Å². The standard InChI is InChI=1S/C53H61NO8/c1-34-15-20-45-40-18-21-47-46(50(59)31-48(34)53(45)47)14-8-24-61-44(30-43(57)19-16-37-17-22-51(60-3)52(26-37)62-33-40)28-41-29-49(58)39(12-7-23-55)27-38(41)11-5-4-9-36-10-6-13-42(25-36)54-32-35(2)56/h6,10,13,15,17-18,20-22,25-27,29,31,34-35,38,41,44,54-56,58-59H,4-5,7,9,11-12,14,16,19,23,28,30,32-33H2,1-3H3. The van der Waals surface area contributed by atoms with Crippen LogP contribution in [0.25, 0.3) is 16.8 Å². The first-order valence-corrected chi connectivity index (χ1v) is 22.3. The number of nitrogens with one attached hydrogen (secondary N) is 1. The molecule has 62 heavy (non-hydrogen) atoms. The minimum Gasteiger partial charge on any atom is -0.508 e. The van der Waals surface area contributed by atoms with Crippen molar-refractivity contribution in [2.45, 2.75) is 109 Å². The van der Waals surface area contributed by atoms with Crippen LogP contribution in [0, 0.1) is 23.9 Å². The smallest absolute Gasteiger partial charge is 0.161 e. The van der Waals surface area contributed by atoms with E-state index in [0.717, 1.165) is 75.5 Å². The molecule has 9 nitrogen and oxygen atoms in total. The molecule has 0 amide bonds. The van der Waals surface area contributed by atoms with Crippen LogP contribution in [0.4, 0.5) is 5.69 Å². The SMILES string of the molecule is COc1ccc2cc1OCc1ccc3c(c(O)cc4c3c1C=CC4C)CC#COC(CC1C=C(O)C(CCCO)=CC1CCCCc1cccc(NCC(C)O)c1)CC(=O)CC2. The summed E-state index contributed by atoms with van der Waals surface area (Å²) in [6.45, 7) is 4.74. The van der Waals surface area contributed by atoms with Crippen molar-refractivity contribution in [2.24, 2.45) is 11.8 Å². The van der Waals surface area contributed by atoms with Gasteiger partial charge in [0.15, 0.2) is 11.5 Å². The van der Waals surface area contributed by atoms with Crippen molar-refractivity contribution in [3.8, 4) is 29.3 Å². The molecule has 5 unspecified atom stereocenters. The molecular weight excluding hydrogens is 779 g/mol. The second-order valence-corrected chi connectivity index (χ2v) is 17.2. The molecule has 5 N–H and O–H groups in total. The largest absolute Gasteiger partial charge is 0.508 e. The zero-order valence-electron chi connectivity index (χ0n) is 36.3. The first-order valence-electron chi connectivity index (χ1n) is 22.3. The lowest BCUT2D eigenvalue weighted by Gasteiger charge is -2.30. The number of aromatic hydroxyl groups is 1. The Morgan fingerprint density at radius 1 is 0.984 bits per heavy atom. The number of hydrogen-bond donors (Lipinski definition) is 5. The number of fused-ring (bicyclic) bond motifs is 9. The Morgan fingerprint density at radius 3 is 2.68 bits per heavy atom. The zero-order valence-corrected chi connectivity index (χ0v) is 36.3. The van der Waals surface area contributed by atoms with Crippen molar-refractivity contribution in [1.29, 1.82) is 0 Å². The van der Waals surface area contributed by atoms with Gasteiger partial charge >= 0.3 is 0 Å². The maximum Gasteiger partial charge on any atom is 0.161 e.